The number of carbonyl (C=O) groups excluding carboxylic acids is 2. The van der Waals surface area contributed by atoms with Crippen molar-refractivity contribution in [2.24, 2.45) is 17.6 Å². The Kier molecular flexibility index (Phi) is 10.1. The Morgan fingerprint density at radius 3 is 2.70 bits per heavy atom. The van der Waals surface area contributed by atoms with Crippen molar-refractivity contribution in [3.63, 3.8) is 0 Å². The molecular weight excluding hydrogens is 530 g/mol. The number of nitrogens with two attached hydrogens (primary N) is 1. The molecule has 2 aliphatic rings. The van der Waals surface area contributed by atoms with Crippen molar-refractivity contribution in [1.29, 1.82) is 0 Å². The number of ether oxygens (including phenoxy) is 1. The topological polar surface area (TPSA) is 125 Å². The zero-order valence-electron chi connectivity index (χ0n) is 23.4. The number of alkyl carbamates (subject to hydrolysis) is 1. The average molecular weight is 572 g/mol. The summed E-state index contributed by atoms with van der Waals surface area (Å²) in [5.41, 5.74) is 8.30. The zero-order chi connectivity index (χ0) is 28.9. The first-order valence-corrected chi connectivity index (χ1v) is 14.7. The first kappa shape index (κ1) is 30.3. The summed E-state index contributed by atoms with van der Waals surface area (Å²) in [6.07, 6.45) is 2.87. The lowest BCUT2D eigenvalue weighted by atomic mass is 9.72. The van der Waals surface area contributed by atoms with Gasteiger partial charge >= 0.3 is 6.09 Å². The fraction of sp³-hybridized carbons (Fsp3) is 0.548. The number of rotatable bonds is 9. The SMILES string of the molecule is CCc1cccc(-c2c(Cl)cccc2C(O)(CCCNC(=O)OC)C2CCCN(C(=O)[C@H]3C[C@@H](N)[C@@H](O)C3)C2)c1. The van der Waals surface area contributed by atoms with Gasteiger partial charge in [-0.2, -0.15) is 0 Å². The molecule has 1 aliphatic heterocycles. The average Bonchev–Trinajstić information content (AvgIpc) is 3.32. The van der Waals surface area contributed by atoms with Crippen LogP contribution in [-0.4, -0.2) is 66.0 Å². The number of aliphatic hydroxyl groups is 2. The number of hydrogen-bond donors (Lipinski definition) is 4. The van der Waals surface area contributed by atoms with E-state index in [-0.39, 0.29) is 23.8 Å². The van der Waals surface area contributed by atoms with Gasteiger partial charge in [0, 0.05) is 48.1 Å². The van der Waals surface area contributed by atoms with Crippen molar-refractivity contribution in [2.45, 2.75) is 69.6 Å². The molecule has 5 atom stereocenters. The van der Waals surface area contributed by atoms with Gasteiger partial charge in [-0.25, -0.2) is 4.79 Å². The monoisotopic (exact) mass is 571 g/mol. The molecule has 0 bridgehead atoms. The minimum atomic E-state index is -1.31. The van der Waals surface area contributed by atoms with E-state index in [4.69, 9.17) is 22.1 Å². The van der Waals surface area contributed by atoms with E-state index in [1.807, 2.05) is 35.2 Å². The third-order valence-corrected chi connectivity index (χ3v) is 8.94. The second-order valence-electron chi connectivity index (χ2n) is 11.2. The molecule has 0 spiro atoms. The van der Waals surface area contributed by atoms with E-state index >= 15 is 0 Å². The highest BCUT2D eigenvalue weighted by molar-refractivity contribution is 6.33. The summed E-state index contributed by atoms with van der Waals surface area (Å²) < 4.78 is 4.70. The van der Waals surface area contributed by atoms with Crippen LogP contribution in [0.25, 0.3) is 11.1 Å². The minimum Gasteiger partial charge on any atom is -0.453 e. The summed E-state index contributed by atoms with van der Waals surface area (Å²) in [7, 11) is 1.32. The lowest BCUT2D eigenvalue weighted by Crippen LogP contribution is -2.49. The summed E-state index contributed by atoms with van der Waals surface area (Å²) in [4.78, 5) is 27.0. The van der Waals surface area contributed by atoms with Gasteiger partial charge in [0.25, 0.3) is 0 Å². The molecule has 1 saturated heterocycles. The number of nitrogens with one attached hydrogen (secondary N) is 1. The normalized spacial score (nSPS) is 24.4. The molecule has 9 heteroatoms. The summed E-state index contributed by atoms with van der Waals surface area (Å²) in [6.45, 7) is 3.44. The van der Waals surface area contributed by atoms with Gasteiger partial charge in [-0.05, 0) is 67.7 Å². The Labute approximate surface area is 241 Å². The Hall–Kier alpha value is -2.65. The number of halogens is 1. The Balaban J connectivity index is 1.68. The molecule has 0 radical (unpaired) electrons. The molecular formula is C31H42ClN3O5. The maximum absolute atomic E-state index is 13.5. The zero-order valence-corrected chi connectivity index (χ0v) is 24.2. The number of amides is 2. The predicted molar refractivity (Wildman–Crippen MR) is 156 cm³/mol. The molecule has 5 N–H and O–H groups in total. The van der Waals surface area contributed by atoms with E-state index < -0.39 is 17.8 Å². The fourth-order valence-electron chi connectivity index (χ4n) is 6.38. The first-order chi connectivity index (χ1) is 19.2. The summed E-state index contributed by atoms with van der Waals surface area (Å²) in [5, 5.41) is 26.1. The number of aryl methyl sites for hydroxylation is 1. The van der Waals surface area contributed by atoms with Crippen LogP contribution in [0.5, 0.6) is 0 Å². The van der Waals surface area contributed by atoms with Crippen molar-refractivity contribution in [3.8, 4) is 11.1 Å². The molecule has 2 aromatic rings. The number of piperidine rings is 1. The Morgan fingerprint density at radius 2 is 2.00 bits per heavy atom. The number of methoxy groups -OCH3 is 1. The van der Waals surface area contributed by atoms with Crippen LogP contribution in [-0.2, 0) is 21.6 Å². The van der Waals surface area contributed by atoms with Gasteiger partial charge in [-0.15, -0.1) is 0 Å². The first-order valence-electron chi connectivity index (χ1n) is 14.3. The standard InChI is InChI=1S/C31H42ClN3O5/c1-3-20-8-4-9-21(16-20)28-24(11-5-12-25(28)32)31(39,13-7-14-34-30(38)40-2)23-10-6-15-35(19-23)29(37)22-17-26(33)27(36)18-22/h4-5,8-9,11-12,16,22-23,26-27,36,39H,3,6-7,10,13-15,17-19,33H2,1-2H3,(H,34,38)/t22-,23?,26+,27-,31?/m0/s1. The van der Waals surface area contributed by atoms with Gasteiger partial charge in [-0.3, -0.25) is 4.79 Å². The van der Waals surface area contributed by atoms with Crippen molar-refractivity contribution < 1.29 is 24.5 Å². The maximum Gasteiger partial charge on any atom is 0.406 e. The van der Waals surface area contributed by atoms with E-state index in [2.05, 4.69) is 24.4 Å². The molecule has 1 aliphatic carbocycles. The van der Waals surface area contributed by atoms with E-state index in [0.717, 1.165) is 36.0 Å². The number of benzene rings is 2. The van der Waals surface area contributed by atoms with Gasteiger partial charge in [0.15, 0.2) is 0 Å². The van der Waals surface area contributed by atoms with Gasteiger partial charge in [0.2, 0.25) is 5.91 Å². The molecule has 40 heavy (non-hydrogen) atoms. The maximum atomic E-state index is 13.5. The molecule has 1 heterocycles. The van der Waals surface area contributed by atoms with Crippen LogP contribution in [0.3, 0.4) is 0 Å². The van der Waals surface area contributed by atoms with E-state index in [0.29, 0.717) is 50.3 Å². The third kappa shape index (κ3) is 6.62. The highest BCUT2D eigenvalue weighted by atomic mass is 35.5. The van der Waals surface area contributed by atoms with Crippen molar-refractivity contribution >= 4 is 23.6 Å². The molecule has 2 unspecified atom stereocenters. The Bertz CT molecular complexity index is 1180. The van der Waals surface area contributed by atoms with E-state index in [1.54, 1.807) is 0 Å². The highest BCUT2D eigenvalue weighted by Crippen LogP contribution is 2.46. The van der Waals surface area contributed by atoms with Crippen molar-refractivity contribution in [1.82, 2.24) is 10.2 Å². The van der Waals surface area contributed by atoms with Crippen molar-refractivity contribution in [2.75, 3.05) is 26.7 Å². The number of carbonyl (C=O) groups is 2. The minimum absolute atomic E-state index is 0.00614. The van der Waals surface area contributed by atoms with Crippen LogP contribution in [0.1, 0.15) is 56.6 Å². The second-order valence-corrected chi connectivity index (χ2v) is 11.6. The Morgan fingerprint density at radius 1 is 1.23 bits per heavy atom. The van der Waals surface area contributed by atoms with Gasteiger partial charge in [-0.1, -0.05) is 54.9 Å². The van der Waals surface area contributed by atoms with Crippen LogP contribution in [0.15, 0.2) is 42.5 Å². The number of aliphatic hydroxyl groups excluding tert-OH is 1. The number of hydrogen-bond acceptors (Lipinski definition) is 6. The molecule has 218 valence electrons. The summed E-state index contributed by atoms with van der Waals surface area (Å²) in [5.74, 6) is -0.567. The quantitative estimate of drug-likeness (QED) is 0.334. The lowest BCUT2D eigenvalue weighted by Gasteiger charge is -2.44. The summed E-state index contributed by atoms with van der Waals surface area (Å²) >= 11 is 6.83. The molecule has 4 rings (SSSR count). The van der Waals surface area contributed by atoms with Crippen LogP contribution in [0.4, 0.5) is 4.79 Å². The molecule has 8 nitrogen and oxygen atoms in total. The van der Waals surface area contributed by atoms with Crippen LogP contribution >= 0.6 is 11.6 Å². The largest absolute Gasteiger partial charge is 0.453 e. The smallest absolute Gasteiger partial charge is 0.406 e. The number of nitrogens with zero attached hydrogens (tertiary/aromatic N) is 1. The van der Waals surface area contributed by atoms with Crippen LogP contribution < -0.4 is 11.1 Å². The highest BCUT2D eigenvalue weighted by Gasteiger charge is 2.44. The van der Waals surface area contributed by atoms with Gasteiger partial charge in [0.05, 0.1) is 18.8 Å². The van der Waals surface area contributed by atoms with Gasteiger partial charge in [0.1, 0.15) is 0 Å². The van der Waals surface area contributed by atoms with Crippen LogP contribution in [0, 0.1) is 11.8 Å². The molecule has 1 saturated carbocycles. The second kappa shape index (κ2) is 13.3. The van der Waals surface area contributed by atoms with E-state index in [1.165, 1.54) is 12.7 Å². The predicted octanol–water partition coefficient (Wildman–Crippen LogP) is 4.23. The van der Waals surface area contributed by atoms with Gasteiger partial charge < -0.3 is 30.9 Å². The van der Waals surface area contributed by atoms with E-state index in [9.17, 15) is 19.8 Å². The molecule has 2 aromatic carbocycles. The van der Waals surface area contributed by atoms with Crippen LogP contribution in [0.2, 0.25) is 5.02 Å². The third-order valence-electron chi connectivity index (χ3n) is 8.63. The lowest BCUT2D eigenvalue weighted by molar-refractivity contribution is -0.141. The van der Waals surface area contributed by atoms with Crippen molar-refractivity contribution in [3.05, 3.63) is 58.6 Å². The molecule has 0 aromatic heterocycles. The fourth-order valence-corrected chi connectivity index (χ4v) is 6.66. The molecule has 2 amide bonds. The molecule has 2 fully saturated rings. The summed E-state index contributed by atoms with van der Waals surface area (Å²) in [6, 6.07) is 13.4. The number of likely N-dealkylation sites (tertiary alicyclic amines) is 1.